The number of morpholine rings is 1. The Kier molecular flexibility index (Phi) is 4.31. The molecule has 1 aliphatic rings. The molecule has 2 aromatic carbocycles. The molecule has 0 radical (unpaired) electrons. The second kappa shape index (κ2) is 6.91. The molecule has 1 amide bonds. The molecule has 0 unspecified atom stereocenters. The van der Waals surface area contributed by atoms with E-state index in [-0.39, 0.29) is 12.0 Å². The van der Waals surface area contributed by atoms with E-state index in [9.17, 15) is 4.79 Å². The Morgan fingerprint density at radius 3 is 2.52 bits per heavy atom. The molecule has 3 aromatic rings. The van der Waals surface area contributed by atoms with Crippen molar-refractivity contribution in [3.05, 3.63) is 84.2 Å². The average molecular weight is 333 g/mol. The van der Waals surface area contributed by atoms with Crippen molar-refractivity contribution in [1.82, 2.24) is 14.7 Å². The first-order chi connectivity index (χ1) is 12.3. The number of aromatic nitrogens is 2. The number of carbonyl (C=O) groups excluding carboxylic acids is 1. The number of ether oxygens (including phenoxy) is 1. The van der Waals surface area contributed by atoms with E-state index >= 15 is 0 Å². The van der Waals surface area contributed by atoms with Crippen LogP contribution in [-0.4, -0.2) is 40.3 Å². The highest BCUT2D eigenvalue weighted by Gasteiger charge is 2.26. The third kappa shape index (κ3) is 3.32. The summed E-state index contributed by atoms with van der Waals surface area (Å²) in [7, 11) is 0. The molecule has 1 aromatic heterocycles. The highest BCUT2D eigenvalue weighted by molar-refractivity contribution is 5.94. The van der Waals surface area contributed by atoms with Gasteiger partial charge in [-0.1, -0.05) is 48.5 Å². The number of benzene rings is 2. The zero-order chi connectivity index (χ0) is 17.1. The zero-order valence-corrected chi connectivity index (χ0v) is 13.8. The molecule has 5 nitrogen and oxygen atoms in total. The summed E-state index contributed by atoms with van der Waals surface area (Å²) in [6.45, 7) is 1.69. The molecule has 0 N–H and O–H groups in total. The first-order valence-electron chi connectivity index (χ1n) is 8.37. The predicted octanol–water partition coefficient (Wildman–Crippen LogP) is 3.09. The topological polar surface area (TPSA) is 47.4 Å². The van der Waals surface area contributed by atoms with E-state index < -0.39 is 0 Å². The number of rotatable bonds is 3. The molecule has 1 atom stereocenters. The van der Waals surface area contributed by atoms with E-state index in [0.29, 0.717) is 25.3 Å². The van der Waals surface area contributed by atoms with Gasteiger partial charge >= 0.3 is 0 Å². The van der Waals surface area contributed by atoms with Crippen LogP contribution in [0.25, 0.3) is 5.69 Å². The molecule has 126 valence electrons. The van der Waals surface area contributed by atoms with Gasteiger partial charge in [0.25, 0.3) is 5.91 Å². The Hall–Kier alpha value is -2.92. The Morgan fingerprint density at radius 2 is 1.76 bits per heavy atom. The molecular formula is C20H19N3O2. The molecule has 1 fully saturated rings. The van der Waals surface area contributed by atoms with Gasteiger partial charge < -0.3 is 9.64 Å². The lowest BCUT2D eigenvalue weighted by molar-refractivity contribution is -0.0228. The van der Waals surface area contributed by atoms with Crippen LogP contribution in [0.2, 0.25) is 0 Å². The van der Waals surface area contributed by atoms with Crippen molar-refractivity contribution >= 4 is 5.91 Å². The van der Waals surface area contributed by atoms with Crippen molar-refractivity contribution in [1.29, 1.82) is 0 Å². The maximum Gasteiger partial charge on any atom is 0.257 e. The van der Waals surface area contributed by atoms with E-state index in [1.165, 1.54) is 0 Å². The fourth-order valence-electron chi connectivity index (χ4n) is 3.04. The maximum atomic E-state index is 12.8. The highest BCUT2D eigenvalue weighted by Crippen LogP contribution is 2.23. The van der Waals surface area contributed by atoms with Crippen LogP contribution in [0.1, 0.15) is 22.0 Å². The maximum absolute atomic E-state index is 12.8. The lowest BCUT2D eigenvalue weighted by Crippen LogP contribution is -2.42. The van der Waals surface area contributed by atoms with Gasteiger partial charge in [-0.3, -0.25) is 4.79 Å². The average Bonchev–Trinajstić information content (AvgIpc) is 3.19. The third-order valence-corrected chi connectivity index (χ3v) is 4.38. The summed E-state index contributed by atoms with van der Waals surface area (Å²) in [6, 6.07) is 19.8. The van der Waals surface area contributed by atoms with Crippen LogP contribution in [0.15, 0.2) is 73.1 Å². The molecule has 2 heterocycles. The van der Waals surface area contributed by atoms with Gasteiger partial charge in [0.2, 0.25) is 0 Å². The number of carbonyl (C=O) groups is 1. The van der Waals surface area contributed by atoms with Gasteiger partial charge in [-0.25, -0.2) is 4.68 Å². The van der Waals surface area contributed by atoms with Crippen LogP contribution >= 0.6 is 0 Å². The minimum absolute atomic E-state index is 0.00795. The van der Waals surface area contributed by atoms with Gasteiger partial charge in [0, 0.05) is 12.7 Å². The van der Waals surface area contributed by atoms with Gasteiger partial charge in [-0.15, -0.1) is 0 Å². The Labute approximate surface area is 146 Å². The predicted molar refractivity (Wildman–Crippen MR) is 94.6 cm³/mol. The van der Waals surface area contributed by atoms with Gasteiger partial charge in [0.1, 0.15) is 6.10 Å². The van der Waals surface area contributed by atoms with E-state index in [4.69, 9.17) is 4.74 Å². The van der Waals surface area contributed by atoms with Gasteiger partial charge in [0.15, 0.2) is 0 Å². The Balaban J connectivity index is 1.50. The van der Waals surface area contributed by atoms with E-state index in [1.807, 2.05) is 65.6 Å². The van der Waals surface area contributed by atoms with Crippen molar-refractivity contribution in [3.63, 3.8) is 0 Å². The lowest BCUT2D eigenvalue weighted by Gasteiger charge is -2.33. The molecule has 25 heavy (non-hydrogen) atoms. The summed E-state index contributed by atoms with van der Waals surface area (Å²) in [5.74, 6) is -0.00795. The number of nitrogens with zero attached hydrogens (tertiary/aromatic N) is 3. The van der Waals surface area contributed by atoms with Crippen LogP contribution in [0.5, 0.6) is 0 Å². The molecule has 1 aliphatic heterocycles. The minimum Gasteiger partial charge on any atom is -0.370 e. The second-order valence-corrected chi connectivity index (χ2v) is 6.03. The number of amides is 1. The van der Waals surface area contributed by atoms with E-state index in [2.05, 4.69) is 5.10 Å². The van der Waals surface area contributed by atoms with Crippen molar-refractivity contribution in [2.75, 3.05) is 19.7 Å². The standard InChI is InChI=1S/C20H19N3O2/c24-20(17-13-21-23(14-17)18-9-5-2-6-10-18)22-11-12-25-19(15-22)16-7-3-1-4-8-16/h1-10,13-14,19H,11-12,15H2/t19-/m1/s1. The summed E-state index contributed by atoms with van der Waals surface area (Å²) in [4.78, 5) is 14.7. The molecule has 1 saturated heterocycles. The number of hydrogen-bond acceptors (Lipinski definition) is 3. The molecule has 4 rings (SSSR count). The van der Waals surface area contributed by atoms with Gasteiger partial charge in [-0.2, -0.15) is 5.10 Å². The first-order valence-corrected chi connectivity index (χ1v) is 8.37. The first kappa shape index (κ1) is 15.6. The summed E-state index contributed by atoms with van der Waals surface area (Å²) >= 11 is 0. The van der Waals surface area contributed by atoms with Crippen molar-refractivity contribution in [2.24, 2.45) is 0 Å². The summed E-state index contributed by atoms with van der Waals surface area (Å²) in [6.07, 6.45) is 3.33. The van der Waals surface area contributed by atoms with Crippen LogP contribution in [0, 0.1) is 0 Å². The second-order valence-electron chi connectivity index (χ2n) is 6.03. The van der Waals surface area contributed by atoms with Crippen LogP contribution < -0.4 is 0 Å². The van der Waals surface area contributed by atoms with Crippen LogP contribution in [-0.2, 0) is 4.74 Å². The highest BCUT2D eigenvalue weighted by atomic mass is 16.5. The zero-order valence-electron chi connectivity index (χ0n) is 13.8. The largest absolute Gasteiger partial charge is 0.370 e. The summed E-state index contributed by atoms with van der Waals surface area (Å²) in [5, 5.41) is 4.32. The van der Waals surface area contributed by atoms with Crippen LogP contribution in [0.4, 0.5) is 0 Å². The Morgan fingerprint density at radius 1 is 1.04 bits per heavy atom. The van der Waals surface area contributed by atoms with Gasteiger partial charge in [0.05, 0.1) is 30.6 Å². The van der Waals surface area contributed by atoms with Gasteiger partial charge in [-0.05, 0) is 17.7 Å². The molecular weight excluding hydrogens is 314 g/mol. The smallest absolute Gasteiger partial charge is 0.257 e. The SMILES string of the molecule is O=C(c1cnn(-c2ccccc2)c1)N1CCO[C@@H](c2ccccc2)C1. The molecule has 0 spiro atoms. The van der Waals surface area contributed by atoms with Crippen molar-refractivity contribution < 1.29 is 9.53 Å². The minimum atomic E-state index is -0.0805. The molecule has 0 aliphatic carbocycles. The Bertz CT molecular complexity index is 846. The summed E-state index contributed by atoms with van der Waals surface area (Å²) < 4.78 is 7.56. The van der Waals surface area contributed by atoms with E-state index in [0.717, 1.165) is 11.3 Å². The van der Waals surface area contributed by atoms with Crippen molar-refractivity contribution in [2.45, 2.75) is 6.10 Å². The third-order valence-electron chi connectivity index (χ3n) is 4.38. The lowest BCUT2D eigenvalue weighted by atomic mass is 10.1. The number of para-hydroxylation sites is 1. The fraction of sp³-hybridized carbons (Fsp3) is 0.200. The van der Waals surface area contributed by atoms with Crippen molar-refractivity contribution in [3.8, 4) is 5.69 Å². The number of hydrogen-bond donors (Lipinski definition) is 0. The van der Waals surface area contributed by atoms with Crippen LogP contribution in [0.3, 0.4) is 0 Å². The molecule has 5 heteroatoms. The monoisotopic (exact) mass is 333 g/mol. The molecule has 0 bridgehead atoms. The normalized spacial score (nSPS) is 17.4. The van der Waals surface area contributed by atoms with E-state index in [1.54, 1.807) is 17.1 Å². The quantitative estimate of drug-likeness (QED) is 0.740. The fourth-order valence-corrected chi connectivity index (χ4v) is 3.04. The summed E-state index contributed by atoms with van der Waals surface area (Å²) in [5.41, 5.74) is 2.63. The molecule has 0 saturated carbocycles.